The number of nitrogens with one attached hydrogen (secondary N) is 1. The van der Waals surface area contributed by atoms with Crippen molar-refractivity contribution >= 4 is 10.8 Å². The molecule has 1 heterocycles. The quantitative estimate of drug-likeness (QED) is 0.789. The maximum absolute atomic E-state index is 13.7. The molecule has 0 unspecified atom stereocenters. The lowest BCUT2D eigenvalue weighted by Crippen LogP contribution is -2.26. The molecule has 0 saturated carbocycles. The molecular formula is C15H16FN. The summed E-state index contributed by atoms with van der Waals surface area (Å²) in [5.41, 5.74) is 1.31. The number of hydrogen-bond acceptors (Lipinski definition) is 1. The van der Waals surface area contributed by atoms with E-state index < -0.39 is 0 Å². The van der Waals surface area contributed by atoms with Gasteiger partial charge in [0.05, 0.1) is 0 Å². The predicted octanol–water partition coefficient (Wildman–Crippen LogP) is 3.45. The molecule has 1 nitrogen and oxygen atoms in total. The summed E-state index contributed by atoms with van der Waals surface area (Å²) in [5, 5.41) is 5.21. The first-order valence-corrected chi connectivity index (χ1v) is 6.24. The topological polar surface area (TPSA) is 12.0 Å². The van der Waals surface area contributed by atoms with Crippen LogP contribution in [-0.4, -0.2) is 13.1 Å². The molecule has 0 spiro atoms. The van der Waals surface area contributed by atoms with Gasteiger partial charge in [-0.2, -0.15) is 0 Å². The van der Waals surface area contributed by atoms with Gasteiger partial charge < -0.3 is 5.32 Å². The molecule has 0 amide bonds. The minimum Gasteiger partial charge on any atom is -0.317 e. The number of piperidine rings is 1. The highest BCUT2D eigenvalue weighted by atomic mass is 19.1. The van der Waals surface area contributed by atoms with Crippen LogP contribution in [0.1, 0.15) is 24.3 Å². The van der Waals surface area contributed by atoms with Crippen LogP contribution in [0.3, 0.4) is 0 Å². The van der Waals surface area contributed by atoms with Gasteiger partial charge in [-0.25, -0.2) is 4.39 Å². The molecule has 0 aromatic heterocycles. The van der Waals surface area contributed by atoms with Crippen LogP contribution >= 0.6 is 0 Å². The van der Waals surface area contributed by atoms with Crippen molar-refractivity contribution in [2.24, 2.45) is 0 Å². The van der Waals surface area contributed by atoms with E-state index in [-0.39, 0.29) is 5.82 Å². The molecule has 1 aliphatic rings. The second-order valence-corrected chi connectivity index (χ2v) is 4.71. The Morgan fingerprint density at radius 2 is 1.65 bits per heavy atom. The molecule has 0 aliphatic carbocycles. The molecule has 2 aromatic carbocycles. The SMILES string of the molecule is Fc1ccc(C2CCNCC2)c2ccccc12. The minimum absolute atomic E-state index is 0.113. The molecule has 0 bridgehead atoms. The van der Waals surface area contributed by atoms with Crippen molar-refractivity contribution in [3.05, 3.63) is 47.8 Å². The summed E-state index contributed by atoms with van der Waals surface area (Å²) < 4.78 is 13.7. The minimum atomic E-state index is -0.113. The zero-order valence-electron chi connectivity index (χ0n) is 9.75. The average molecular weight is 229 g/mol. The second-order valence-electron chi connectivity index (χ2n) is 4.71. The van der Waals surface area contributed by atoms with Crippen LogP contribution in [-0.2, 0) is 0 Å². The summed E-state index contributed by atoms with van der Waals surface area (Å²) in [6.07, 6.45) is 2.30. The number of hydrogen-bond donors (Lipinski definition) is 1. The van der Waals surface area contributed by atoms with E-state index in [1.54, 1.807) is 6.07 Å². The van der Waals surface area contributed by atoms with E-state index in [1.165, 1.54) is 5.56 Å². The summed E-state index contributed by atoms with van der Waals surface area (Å²) in [4.78, 5) is 0. The zero-order chi connectivity index (χ0) is 11.7. The molecule has 0 radical (unpaired) electrons. The van der Waals surface area contributed by atoms with Crippen LogP contribution in [0.4, 0.5) is 4.39 Å². The van der Waals surface area contributed by atoms with Crippen LogP contribution in [0.15, 0.2) is 36.4 Å². The normalized spacial score (nSPS) is 17.5. The molecule has 1 fully saturated rings. The Bertz CT molecular complexity index is 529. The van der Waals surface area contributed by atoms with Gasteiger partial charge in [0.15, 0.2) is 0 Å². The van der Waals surface area contributed by atoms with Gasteiger partial charge in [-0.1, -0.05) is 30.3 Å². The highest BCUT2D eigenvalue weighted by Gasteiger charge is 2.17. The first-order valence-electron chi connectivity index (χ1n) is 6.24. The first-order chi connectivity index (χ1) is 8.36. The monoisotopic (exact) mass is 229 g/mol. The Balaban J connectivity index is 2.12. The van der Waals surface area contributed by atoms with Crippen molar-refractivity contribution in [1.82, 2.24) is 5.32 Å². The molecule has 2 aromatic rings. The van der Waals surface area contributed by atoms with Crippen molar-refractivity contribution in [2.45, 2.75) is 18.8 Å². The summed E-state index contributed by atoms with van der Waals surface area (Å²) in [7, 11) is 0. The van der Waals surface area contributed by atoms with Crippen molar-refractivity contribution in [3.8, 4) is 0 Å². The maximum atomic E-state index is 13.7. The van der Waals surface area contributed by atoms with Crippen molar-refractivity contribution in [2.75, 3.05) is 13.1 Å². The Hall–Kier alpha value is -1.41. The van der Waals surface area contributed by atoms with E-state index in [2.05, 4.69) is 5.32 Å². The summed E-state index contributed by atoms with van der Waals surface area (Å²) in [6, 6.07) is 11.4. The fraction of sp³-hybridized carbons (Fsp3) is 0.333. The van der Waals surface area contributed by atoms with Gasteiger partial charge in [-0.3, -0.25) is 0 Å². The van der Waals surface area contributed by atoms with E-state index in [1.807, 2.05) is 30.3 Å². The van der Waals surface area contributed by atoms with E-state index in [0.717, 1.165) is 36.7 Å². The van der Waals surface area contributed by atoms with Crippen LogP contribution in [0.25, 0.3) is 10.8 Å². The standard InChI is InChI=1S/C15H16FN/c16-15-6-5-12(11-7-9-17-10-8-11)13-3-1-2-4-14(13)15/h1-6,11,17H,7-10H2. The Labute approximate surface area is 101 Å². The average Bonchev–Trinajstić information content (AvgIpc) is 2.41. The number of benzene rings is 2. The third kappa shape index (κ3) is 1.93. The zero-order valence-corrected chi connectivity index (χ0v) is 9.75. The number of rotatable bonds is 1. The lowest BCUT2D eigenvalue weighted by atomic mass is 9.87. The summed E-state index contributed by atoms with van der Waals surface area (Å²) in [5.74, 6) is 0.458. The third-order valence-corrected chi connectivity index (χ3v) is 3.68. The Kier molecular flexibility index (Phi) is 2.81. The fourth-order valence-corrected chi connectivity index (χ4v) is 2.77. The van der Waals surface area contributed by atoms with Gasteiger partial charge >= 0.3 is 0 Å². The Morgan fingerprint density at radius 3 is 2.41 bits per heavy atom. The molecule has 1 saturated heterocycles. The third-order valence-electron chi connectivity index (χ3n) is 3.68. The van der Waals surface area contributed by atoms with Crippen LogP contribution in [0, 0.1) is 5.82 Å². The van der Waals surface area contributed by atoms with E-state index in [0.29, 0.717) is 5.92 Å². The smallest absolute Gasteiger partial charge is 0.131 e. The molecule has 2 heteroatoms. The van der Waals surface area contributed by atoms with Crippen LogP contribution < -0.4 is 5.32 Å². The maximum Gasteiger partial charge on any atom is 0.131 e. The Morgan fingerprint density at radius 1 is 0.941 bits per heavy atom. The second kappa shape index (κ2) is 4.46. The molecule has 1 aliphatic heterocycles. The highest BCUT2D eigenvalue weighted by Crippen LogP contribution is 2.32. The lowest BCUT2D eigenvalue weighted by molar-refractivity contribution is 0.462. The molecule has 17 heavy (non-hydrogen) atoms. The number of fused-ring (bicyclic) bond motifs is 1. The largest absolute Gasteiger partial charge is 0.317 e. The van der Waals surface area contributed by atoms with Gasteiger partial charge in [0.2, 0.25) is 0 Å². The van der Waals surface area contributed by atoms with Crippen LogP contribution in [0.5, 0.6) is 0 Å². The summed E-state index contributed by atoms with van der Waals surface area (Å²) >= 11 is 0. The molecule has 0 atom stereocenters. The van der Waals surface area contributed by atoms with Crippen molar-refractivity contribution in [1.29, 1.82) is 0 Å². The van der Waals surface area contributed by atoms with Gasteiger partial charge in [-0.05, 0) is 48.9 Å². The van der Waals surface area contributed by atoms with Gasteiger partial charge in [0.1, 0.15) is 5.82 Å². The van der Waals surface area contributed by atoms with E-state index in [4.69, 9.17) is 0 Å². The van der Waals surface area contributed by atoms with Crippen molar-refractivity contribution in [3.63, 3.8) is 0 Å². The fourth-order valence-electron chi connectivity index (χ4n) is 2.77. The predicted molar refractivity (Wildman–Crippen MR) is 68.8 cm³/mol. The molecule has 1 N–H and O–H groups in total. The molecular weight excluding hydrogens is 213 g/mol. The lowest BCUT2D eigenvalue weighted by Gasteiger charge is -2.24. The number of halogens is 1. The molecule has 3 rings (SSSR count). The molecule has 88 valence electrons. The van der Waals surface area contributed by atoms with Crippen molar-refractivity contribution < 1.29 is 4.39 Å². The summed E-state index contributed by atoms with van der Waals surface area (Å²) in [6.45, 7) is 2.13. The van der Waals surface area contributed by atoms with Gasteiger partial charge in [0, 0.05) is 5.39 Å². The van der Waals surface area contributed by atoms with E-state index >= 15 is 0 Å². The highest BCUT2D eigenvalue weighted by molar-refractivity contribution is 5.86. The first kappa shape index (κ1) is 10.7. The van der Waals surface area contributed by atoms with Crippen LogP contribution in [0.2, 0.25) is 0 Å². The van der Waals surface area contributed by atoms with Gasteiger partial charge in [0.25, 0.3) is 0 Å². The van der Waals surface area contributed by atoms with Gasteiger partial charge in [-0.15, -0.1) is 0 Å². The van der Waals surface area contributed by atoms with E-state index in [9.17, 15) is 4.39 Å².